The van der Waals surface area contributed by atoms with E-state index < -0.39 is 32.5 Å². The maximum absolute atomic E-state index is 12.7. The van der Waals surface area contributed by atoms with Gasteiger partial charge in [0.05, 0.1) is 30.6 Å². The third kappa shape index (κ3) is 5.69. The van der Waals surface area contributed by atoms with Gasteiger partial charge in [-0.1, -0.05) is 12.1 Å². The number of carbonyl (C=O) groups is 1. The van der Waals surface area contributed by atoms with E-state index in [9.17, 15) is 21.6 Å². The zero-order chi connectivity index (χ0) is 22.5. The monoisotopic (exact) mass is 457 g/mol. The Morgan fingerprint density at radius 1 is 0.967 bits per heavy atom. The van der Waals surface area contributed by atoms with E-state index in [2.05, 4.69) is 5.32 Å². The second kappa shape index (κ2) is 9.43. The van der Waals surface area contributed by atoms with Crippen molar-refractivity contribution in [3.8, 4) is 11.5 Å². The number of carbonyl (C=O) groups excluding carboxylic acids is 1. The van der Waals surface area contributed by atoms with Crippen molar-refractivity contribution < 1.29 is 31.1 Å². The van der Waals surface area contributed by atoms with Crippen LogP contribution in [0.15, 0.2) is 52.3 Å². The molecule has 10 nitrogen and oxygen atoms in total. The highest BCUT2D eigenvalue weighted by Crippen LogP contribution is 2.30. The number of ether oxygens (including phenoxy) is 2. The lowest BCUT2D eigenvalue weighted by molar-refractivity contribution is -0.121. The van der Waals surface area contributed by atoms with E-state index >= 15 is 0 Å². The van der Waals surface area contributed by atoms with Crippen LogP contribution < -0.4 is 19.9 Å². The highest BCUT2D eigenvalue weighted by atomic mass is 32.2. The van der Waals surface area contributed by atoms with Crippen LogP contribution in [-0.4, -0.2) is 54.9 Å². The number of hydrogen-bond acceptors (Lipinski definition) is 7. The van der Waals surface area contributed by atoms with E-state index in [1.807, 2.05) is 0 Å². The highest BCUT2D eigenvalue weighted by Gasteiger charge is 2.24. The molecule has 0 aliphatic carbocycles. The third-order valence-electron chi connectivity index (χ3n) is 4.17. The number of rotatable bonds is 9. The molecule has 12 heteroatoms. The van der Waals surface area contributed by atoms with Gasteiger partial charge >= 0.3 is 0 Å². The number of amides is 1. The van der Waals surface area contributed by atoms with Gasteiger partial charge in [-0.15, -0.1) is 0 Å². The molecule has 0 unspecified atom stereocenters. The first-order valence-corrected chi connectivity index (χ1v) is 11.5. The van der Waals surface area contributed by atoms with Crippen LogP contribution in [-0.2, 0) is 31.4 Å². The minimum Gasteiger partial charge on any atom is -0.493 e. The lowest BCUT2D eigenvalue weighted by atomic mass is 10.2. The average Bonchev–Trinajstić information content (AvgIpc) is 2.71. The Morgan fingerprint density at radius 2 is 1.53 bits per heavy atom. The maximum atomic E-state index is 12.7. The average molecular weight is 458 g/mol. The lowest BCUT2D eigenvalue weighted by Crippen LogP contribution is -2.38. The highest BCUT2D eigenvalue weighted by molar-refractivity contribution is 7.89. The third-order valence-corrected chi connectivity index (χ3v) is 6.90. The van der Waals surface area contributed by atoms with Gasteiger partial charge in [0, 0.05) is 19.7 Å². The van der Waals surface area contributed by atoms with Crippen molar-refractivity contribution in [2.75, 3.05) is 27.8 Å². The van der Waals surface area contributed by atoms with Gasteiger partial charge in [0.2, 0.25) is 26.0 Å². The molecule has 0 bridgehead atoms. The van der Waals surface area contributed by atoms with E-state index in [1.165, 1.54) is 63.7 Å². The van der Waals surface area contributed by atoms with Crippen molar-refractivity contribution >= 4 is 26.0 Å². The molecule has 0 saturated heterocycles. The fourth-order valence-electron chi connectivity index (χ4n) is 2.50. The topological polar surface area (TPSA) is 145 Å². The van der Waals surface area contributed by atoms with Gasteiger partial charge in [0.25, 0.3) is 0 Å². The van der Waals surface area contributed by atoms with Gasteiger partial charge in [-0.25, -0.2) is 22.0 Å². The number of primary sulfonamides is 1. The minimum atomic E-state index is -3.94. The Labute approximate surface area is 175 Å². The molecule has 0 radical (unpaired) electrons. The summed E-state index contributed by atoms with van der Waals surface area (Å²) in [4.78, 5) is 12.1. The van der Waals surface area contributed by atoms with E-state index in [0.29, 0.717) is 11.3 Å². The maximum Gasteiger partial charge on any atom is 0.243 e. The Kier molecular flexibility index (Phi) is 7.42. The van der Waals surface area contributed by atoms with Crippen molar-refractivity contribution in [3.05, 3.63) is 48.0 Å². The number of likely N-dealkylation sites (N-methyl/N-ethyl adjacent to an activating group) is 1. The zero-order valence-corrected chi connectivity index (χ0v) is 18.3. The second-order valence-corrected chi connectivity index (χ2v) is 9.85. The number of methoxy groups -OCH3 is 2. The smallest absolute Gasteiger partial charge is 0.243 e. The largest absolute Gasteiger partial charge is 0.493 e. The summed E-state index contributed by atoms with van der Waals surface area (Å²) in [5.74, 6) is 0.0988. The molecule has 0 aromatic heterocycles. The van der Waals surface area contributed by atoms with Crippen LogP contribution in [0.3, 0.4) is 0 Å². The molecule has 0 fully saturated rings. The summed E-state index contributed by atoms with van der Waals surface area (Å²) in [5, 5.41) is 7.61. The molecule has 0 aliphatic heterocycles. The predicted molar refractivity (Wildman–Crippen MR) is 109 cm³/mol. The summed E-state index contributed by atoms with van der Waals surface area (Å²) in [6, 6.07) is 9.79. The summed E-state index contributed by atoms with van der Waals surface area (Å²) in [7, 11) is -3.63. The van der Waals surface area contributed by atoms with Crippen LogP contribution in [0.1, 0.15) is 5.56 Å². The quantitative estimate of drug-likeness (QED) is 0.550. The van der Waals surface area contributed by atoms with Crippen molar-refractivity contribution in [2.45, 2.75) is 16.3 Å². The van der Waals surface area contributed by atoms with Crippen molar-refractivity contribution in [1.82, 2.24) is 9.62 Å². The molecule has 1 amide bonds. The first-order valence-electron chi connectivity index (χ1n) is 8.56. The Bertz CT molecular complexity index is 1110. The van der Waals surface area contributed by atoms with E-state index in [0.717, 1.165) is 4.31 Å². The zero-order valence-electron chi connectivity index (χ0n) is 16.7. The number of nitrogens with two attached hydrogens (primary N) is 1. The molecule has 0 aliphatic rings. The van der Waals surface area contributed by atoms with Gasteiger partial charge in [-0.05, 0) is 29.8 Å². The van der Waals surface area contributed by atoms with Crippen LogP contribution in [0.5, 0.6) is 11.5 Å². The van der Waals surface area contributed by atoms with Crippen LogP contribution >= 0.6 is 0 Å². The summed E-state index contributed by atoms with van der Waals surface area (Å²) < 4.78 is 59.1. The van der Waals surface area contributed by atoms with Gasteiger partial charge in [0.15, 0.2) is 11.5 Å². The van der Waals surface area contributed by atoms with Crippen molar-refractivity contribution in [1.29, 1.82) is 0 Å². The Morgan fingerprint density at radius 3 is 2.07 bits per heavy atom. The van der Waals surface area contributed by atoms with E-state index in [1.54, 1.807) is 0 Å². The molecular formula is C18H23N3O7S2. The predicted octanol–water partition coefficient (Wildman–Crippen LogP) is 0.288. The van der Waals surface area contributed by atoms with Gasteiger partial charge in [-0.3, -0.25) is 4.79 Å². The number of nitrogens with zero attached hydrogens (tertiary/aromatic N) is 1. The van der Waals surface area contributed by atoms with E-state index in [4.69, 9.17) is 14.6 Å². The molecule has 164 valence electrons. The molecule has 2 aromatic carbocycles. The normalized spacial score (nSPS) is 11.9. The summed E-state index contributed by atoms with van der Waals surface area (Å²) in [5.41, 5.74) is 0.626. The van der Waals surface area contributed by atoms with Crippen LogP contribution in [0.25, 0.3) is 0 Å². The molecule has 0 spiro atoms. The molecule has 3 N–H and O–H groups in total. The molecule has 0 heterocycles. The van der Waals surface area contributed by atoms with E-state index in [-0.39, 0.29) is 22.1 Å². The Balaban J connectivity index is 2.02. The van der Waals surface area contributed by atoms with Gasteiger partial charge in [0.1, 0.15) is 0 Å². The van der Waals surface area contributed by atoms with Gasteiger partial charge in [-0.2, -0.15) is 4.31 Å². The fraction of sp³-hybridized carbons (Fsp3) is 0.278. The summed E-state index contributed by atoms with van der Waals surface area (Å²) in [6.45, 7) is -0.320. The molecule has 0 atom stereocenters. The fourth-order valence-corrected chi connectivity index (χ4v) is 4.16. The number of nitrogens with one attached hydrogen (secondary N) is 1. The minimum absolute atomic E-state index is 0.0432. The first kappa shape index (κ1) is 23.6. The molecule has 0 saturated carbocycles. The second-order valence-electron chi connectivity index (χ2n) is 6.24. The summed E-state index contributed by atoms with van der Waals surface area (Å²) in [6.07, 6.45) is 0. The number of benzene rings is 2. The SMILES string of the molecule is COc1ccc(S(=O)(=O)N(C)CC(=O)NCc2ccc(S(N)(=O)=O)cc2)cc1OC. The number of hydrogen-bond donors (Lipinski definition) is 2. The van der Waals surface area contributed by atoms with Crippen molar-refractivity contribution in [3.63, 3.8) is 0 Å². The van der Waals surface area contributed by atoms with Crippen LogP contribution in [0.4, 0.5) is 0 Å². The molecule has 2 aromatic rings. The standard InChI is InChI=1S/C18H23N3O7S2/c1-21(30(25,26)15-8-9-16(27-2)17(10-15)28-3)12-18(22)20-11-13-4-6-14(7-5-13)29(19,23)24/h4-10H,11-12H2,1-3H3,(H,20,22)(H2,19,23,24). The molecular weight excluding hydrogens is 434 g/mol. The molecule has 30 heavy (non-hydrogen) atoms. The summed E-state index contributed by atoms with van der Waals surface area (Å²) >= 11 is 0. The Hall–Kier alpha value is -2.67. The number of sulfonamides is 2. The van der Waals surface area contributed by atoms with Crippen LogP contribution in [0.2, 0.25) is 0 Å². The first-order chi connectivity index (χ1) is 14.0. The van der Waals surface area contributed by atoms with Crippen molar-refractivity contribution in [2.24, 2.45) is 5.14 Å². The van der Waals surface area contributed by atoms with Gasteiger partial charge < -0.3 is 14.8 Å². The lowest BCUT2D eigenvalue weighted by Gasteiger charge is -2.18. The molecule has 2 rings (SSSR count). The van der Waals surface area contributed by atoms with Crippen LogP contribution in [0, 0.1) is 0 Å².